The molecular weight excluding hydrogens is 421 g/mol. The number of aromatic hydroxyl groups is 1. The Morgan fingerprint density at radius 3 is 2.75 bits per heavy atom. The molecule has 32 heavy (non-hydrogen) atoms. The maximum absolute atomic E-state index is 13.1. The maximum Gasteiger partial charge on any atom is 0.416 e. The highest BCUT2D eigenvalue weighted by atomic mass is 19.4. The number of carbonyl (C=O) groups is 1. The number of rotatable bonds is 4. The number of phenolic OH excluding ortho intramolecular Hbond substituents is 1. The number of carbonyl (C=O) groups excluding carboxylic acids is 1. The van der Waals surface area contributed by atoms with Crippen LogP contribution in [0.15, 0.2) is 40.8 Å². The van der Waals surface area contributed by atoms with Crippen LogP contribution in [0.3, 0.4) is 0 Å². The smallest absolute Gasteiger partial charge is 0.416 e. The highest BCUT2D eigenvalue weighted by molar-refractivity contribution is 6.14. The number of halogens is 3. The van der Waals surface area contributed by atoms with E-state index in [0.29, 0.717) is 34.9 Å². The SMILES string of the molecule is Cc1oc2ccc(O)c(CN3CCCCC3C)c2c1C(=O)Nc1cccc(C(F)(F)F)c1. The van der Waals surface area contributed by atoms with Crippen molar-refractivity contribution in [3.63, 3.8) is 0 Å². The molecule has 2 aromatic carbocycles. The van der Waals surface area contributed by atoms with Crippen molar-refractivity contribution < 1.29 is 27.5 Å². The lowest BCUT2D eigenvalue weighted by molar-refractivity contribution is -0.137. The predicted octanol–water partition coefficient (Wildman–Crippen LogP) is 6.09. The van der Waals surface area contributed by atoms with Gasteiger partial charge < -0.3 is 14.8 Å². The Morgan fingerprint density at radius 2 is 2.03 bits per heavy atom. The lowest BCUT2D eigenvalue weighted by Gasteiger charge is -2.33. The zero-order valence-electron chi connectivity index (χ0n) is 17.9. The average Bonchev–Trinajstić information content (AvgIpc) is 3.07. The summed E-state index contributed by atoms with van der Waals surface area (Å²) in [5, 5.41) is 13.7. The first-order valence-corrected chi connectivity index (χ1v) is 10.6. The Morgan fingerprint density at radius 1 is 1.25 bits per heavy atom. The number of amides is 1. The third-order valence-electron chi connectivity index (χ3n) is 6.09. The number of fused-ring (bicyclic) bond motifs is 1. The Hall–Kier alpha value is -3.00. The predicted molar refractivity (Wildman–Crippen MR) is 116 cm³/mol. The molecule has 0 bridgehead atoms. The molecule has 0 saturated carbocycles. The van der Waals surface area contributed by atoms with Gasteiger partial charge in [-0.3, -0.25) is 9.69 Å². The first-order chi connectivity index (χ1) is 15.1. The van der Waals surface area contributed by atoms with E-state index < -0.39 is 17.6 Å². The molecule has 2 heterocycles. The second-order valence-electron chi connectivity index (χ2n) is 8.32. The molecule has 1 unspecified atom stereocenters. The van der Waals surface area contributed by atoms with Crippen LogP contribution in [0.4, 0.5) is 18.9 Å². The molecule has 1 aromatic heterocycles. The summed E-state index contributed by atoms with van der Waals surface area (Å²) in [5.41, 5.74) is 0.441. The third kappa shape index (κ3) is 4.32. The Bertz CT molecular complexity index is 1150. The van der Waals surface area contributed by atoms with E-state index in [1.54, 1.807) is 19.1 Å². The van der Waals surface area contributed by atoms with Gasteiger partial charge in [0.05, 0.1) is 11.1 Å². The molecular formula is C24H25F3N2O3. The van der Waals surface area contributed by atoms with Gasteiger partial charge in [0.2, 0.25) is 0 Å². The minimum atomic E-state index is -4.51. The number of nitrogens with one attached hydrogen (secondary N) is 1. The van der Waals surface area contributed by atoms with Gasteiger partial charge in [-0.25, -0.2) is 0 Å². The fourth-order valence-electron chi connectivity index (χ4n) is 4.36. The highest BCUT2D eigenvalue weighted by Crippen LogP contribution is 2.36. The summed E-state index contributed by atoms with van der Waals surface area (Å²) in [6.45, 7) is 5.11. The van der Waals surface area contributed by atoms with E-state index in [9.17, 15) is 23.1 Å². The third-order valence-corrected chi connectivity index (χ3v) is 6.09. The maximum atomic E-state index is 13.1. The lowest BCUT2D eigenvalue weighted by Crippen LogP contribution is -2.36. The normalized spacial score (nSPS) is 17.6. The van der Waals surface area contributed by atoms with Crippen molar-refractivity contribution in [2.45, 2.75) is 51.9 Å². The van der Waals surface area contributed by atoms with Crippen LogP contribution in [0.5, 0.6) is 5.75 Å². The van der Waals surface area contributed by atoms with Gasteiger partial charge in [-0.05, 0) is 63.6 Å². The second kappa shape index (κ2) is 8.50. The zero-order valence-corrected chi connectivity index (χ0v) is 17.9. The van der Waals surface area contributed by atoms with Crippen LogP contribution in [0.1, 0.15) is 53.4 Å². The lowest BCUT2D eigenvalue weighted by atomic mass is 9.99. The molecule has 0 radical (unpaired) electrons. The standard InChI is InChI=1S/C24H25F3N2O3/c1-14-6-3-4-11-29(14)13-18-19(30)9-10-20-22(18)21(15(2)32-20)23(31)28-17-8-5-7-16(12-17)24(25,26)27/h5,7-10,12,14,30H,3-4,6,11,13H2,1-2H3,(H,28,31). The zero-order chi connectivity index (χ0) is 23.0. The number of phenols is 1. The fraction of sp³-hybridized carbons (Fsp3) is 0.375. The van der Waals surface area contributed by atoms with E-state index in [4.69, 9.17) is 4.42 Å². The van der Waals surface area contributed by atoms with Crippen LogP contribution in [-0.4, -0.2) is 28.5 Å². The van der Waals surface area contributed by atoms with Gasteiger partial charge in [-0.2, -0.15) is 13.2 Å². The molecule has 4 rings (SSSR count). The van der Waals surface area contributed by atoms with Crippen molar-refractivity contribution in [3.05, 3.63) is 58.8 Å². The van der Waals surface area contributed by atoms with Gasteiger partial charge in [0.1, 0.15) is 17.1 Å². The summed E-state index contributed by atoms with van der Waals surface area (Å²) in [4.78, 5) is 15.4. The summed E-state index contributed by atoms with van der Waals surface area (Å²) in [6, 6.07) is 7.97. The molecule has 8 heteroatoms. The largest absolute Gasteiger partial charge is 0.508 e. The van der Waals surface area contributed by atoms with Crippen molar-refractivity contribution in [1.82, 2.24) is 4.90 Å². The molecule has 3 aromatic rings. The van der Waals surface area contributed by atoms with Crippen LogP contribution in [0.2, 0.25) is 0 Å². The number of hydrogen-bond acceptors (Lipinski definition) is 4. The second-order valence-corrected chi connectivity index (χ2v) is 8.32. The van der Waals surface area contributed by atoms with E-state index in [0.717, 1.165) is 37.9 Å². The number of likely N-dealkylation sites (tertiary alicyclic amines) is 1. The van der Waals surface area contributed by atoms with Crippen molar-refractivity contribution in [3.8, 4) is 5.75 Å². The van der Waals surface area contributed by atoms with Crippen LogP contribution < -0.4 is 5.32 Å². The van der Waals surface area contributed by atoms with E-state index in [1.807, 2.05) is 0 Å². The van der Waals surface area contributed by atoms with Gasteiger partial charge in [-0.1, -0.05) is 12.5 Å². The van der Waals surface area contributed by atoms with E-state index >= 15 is 0 Å². The van der Waals surface area contributed by atoms with Gasteiger partial charge in [0.25, 0.3) is 5.91 Å². The molecule has 2 N–H and O–H groups in total. The summed E-state index contributed by atoms with van der Waals surface area (Å²) in [6.07, 6.45) is -1.23. The number of piperidine rings is 1. The number of furan rings is 1. The van der Waals surface area contributed by atoms with Gasteiger partial charge >= 0.3 is 6.18 Å². The molecule has 1 amide bonds. The van der Waals surface area contributed by atoms with Crippen LogP contribution >= 0.6 is 0 Å². The molecule has 1 atom stereocenters. The van der Waals surface area contributed by atoms with Gasteiger partial charge in [0.15, 0.2) is 0 Å². The number of benzene rings is 2. The van der Waals surface area contributed by atoms with Gasteiger partial charge in [0, 0.05) is 29.2 Å². The minimum Gasteiger partial charge on any atom is -0.508 e. The molecule has 1 aliphatic rings. The molecule has 0 spiro atoms. The highest BCUT2D eigenvalue weighted by Gasteiger charge is 2.31. The van der Waals surface area contributed by atoms with Crippen molar-refractivity contribution in [2.24, 2.45) is 0 Å². The molecule has 1 aliphatic heterocycles. The van der Waals surface area contributed by atoms with Crippen LogP contribution in [-0.2, 0) is 12.7 Å². The van der Waals surface area contributed by atoms with Crippen LogP contribution in [0, 0.1) is 6.92 Å². The van der Waals surface area contributed by atoms with E-state index in [1.165, 1.54) is 12.1 Å². The van der Waals surface area contributed by atoms with Crippen LogP contribution in [0.25, 0.3) is 11.0 Å². The summed E-state index contributed by atoms with van der Waals surface area (Å²) >= 11 is 0. The van der Waals surface area contributed by atoms with E-state index in [2.05, 4.69) is 17.1 Å². The summed E-state index contributed by atoms with van der Waals surface area (Å²) < 4.78 is 44.9. The Kier molecular flexibility index (Phi) is 5.90. The monoisotopic (exact) mass is 446 g/mol. The summed E-state index contributed by atoms with van der Waals surface area (Å²) in [7, 11) is 0. The Balaban J connectivity index is 1.72. The first-order valence-electron chi connectivity index (χ1n) is 10.6. The Labute approximate surface area is 183 Å². The van der Waals surface area contributed by atoms with Crippen molar-refractivity contribution in [1.29, 1.82) is 0 Å². The minimum absolute atomic E-state index is 0.0323. The number of aryl methyl sites for hydroxylation is 1. The molecule has 5 nitrogen and oxygen atoms in total. The molecule has 0 aliphatic carbocycles. The average molecular weight is 446 g/mol. The number of hydrogen-bond donors (Lipinski definition) is 2. The number of nitrogens with zero attached hydrogens (tertiary/aromatic N) is 1. The van der Waals surface area contributed by atoms with Gasteiger partial charge in [-0.15, -0.1) is 0 Å². The molecule has 1 saturated heterocycles. The van der Waals surface area contributed by atoms with Crippen molar-refractivity contribution in [2.75, 3.05) is 11.9 Å². The quantitative estimate of drug-likeness (QED) is 0.509. The molecule has 170 valence electrons. The topological polar surface area (TPSA) is 65.7 Å². The van der Waals surface area contributed by atoms with Crippen molar-refractivity contribution >= 4 is 22.6 Å². The number of alkyl halides is 3. The van der Waals surface area contributed by atoms with E-state index in [-0.39, 0.29) is 17.0 Å². The first kappa shape index (κ1) is 22.2. The summed E-state index contributed by atoms with van der Waals surface area (Å²) in [5.74, 6) is -0.189. The fourth-order valence-corrected chi connectivity index (χ4v) is 4.36. The molecule has 1 fully saturated rings. The number of anilines is 1.